The molecule has 0 spiro atoms. The lowest BCUT2D eigenvalue weighted by molar-refractivity contribution is -0.113. The first-order chi connectivity index (χ1) is 13.2. The fourth-order valence-electron chi connectivity index (χ4n) is 2.49. The summed E-state index contributed by atoms with van der Waals surface area (Å²) in [7, 11) is 0. The van der Waals surface area contributed by atoms with Crippen LogP contribution in [0.3, 0.4) is 0 Å². The van der Waals surface area contributed by atoms with Crippen LogP contribution in [0.2, 0.25) is 0 Å². The molecule has 1 N–H and O–H groups in total. The Labute approximate surface area is 167 Å². The van der Waals surface area contributed by atoms with Crippen LogP contribution < -0.4 is 5.32 Å². The average molecular weight is 399 g/mol. The number of nitrogens with one attached hydrogen (secondary N) is 1. The molecule has 0 fully saturated rings. The smallest absolute Gasteiger partial charge is 0.277 e. The summed E-state index contributed by atoms with van der Waals surface area (Å²) < 4.78 is 19.2. The summed E-state index contributed by atoms with van der Waals surface area (Å²) in [6, 6.07) is 12.5. The first-order valence-corrected chi connectivity index (χ1v) is 9.84. The molecule has 5 nitrogen and oxygen atoms in total. The quantitative estimate of drug-likeness (QED) is 0.596. The van der Waals surface area contributed by atoms with Crippen LogP contribution in [0.25, 0.3) is 11.5 Å². The standard InChI is InChI=1S/C21H22FN3O2S/c1-13-5-10-16(11-17(13)22)23-18(26)12-28-20-25-24-19(27-20)14-6-8-15(9-7-14)21(2,3)4/h5-11H,12H2,1-4H3,(H,23,26). The number of thioether (sulfide) groups is 1. The highest BCUT2D eigenvalue weighted by Gasteiger charge is 2.15. The lowest BCUT2D eigenvalue weighted by Gasteiger charge is -2.18. The van der Waals surface area contributed by atoms with Crippen LogP contribution in [-0.2, 0) is 10.2 Å². The van der Waals surface area contributed by atoms with Gasteiger partial charge >= 0.3 is 0 Å². The largest absolute Gasteiger partial charge is 0.411 e. The second-order valence-electron chi connectivity index (χ2n) is 7.50. The number of rotatable bonds is 5. The summed E-state index contributed by atoms with van der Waals surface area (Å²) in [6.45, 7) is 8.12. The van der Waals surface area contributed by atoms with E-state index in [0.29, 0.717) is 22.4 Å². The molecule has 0 bridgehead atoms. The van der Waals surface area contributed by atoms with Crippen molar-refractivity contribution in [3.63, 3.8) is 0 Å². The van der Waals surface area contributed by atoms with E-state index in [4.69, 9.17) is 4.42 Å². The van der Waals surface area contributed by atoms with Crippen LogP contribution in [0.4, 0.5) is 10.1 Å². The zero-order chi connectivity index (χ0) is 20.3. The SMILES string of the molecule is Cc1ccc(NC(=O)CSc2nnc(-c3ccc(C(C)(C)C)cc3)o2)cc1F. The summed E-state index contributed by atoms with van der Waals surface area (Å²) in [6.07, 6.45) is 0. The average Bonchev–Trinajstić information content (AvgIpc) is 3.12. The van der Waals surface area contributed by atoms with Crippen molar-refractivity contribution in [1.82, 2.24) is 10.2 Å². The first-order valence-electron chi connectivity index (χ1n) is 8.85. The third-order valence-corrected chi connectivity index (χ3v) is 5.01. The van der Waals surface area contributed by atoms with Crippen molar-refractivity contribution in [3.05, 3.63) is 59.4 Å². The minimum Gasteiger partial charge on any atom is -0.411 e. The monoisotopic (exact) mass is 399 g/mol. The topological polar surface area (TPSA) is 68.0 Å². The number of carbonyl (C=O) groups excluding carboxylic acids is 1. The number of halogens is 1. The van der Waals surface area contributed by atoms with Gasteiger partial charge < -0.3 is 9.73 Å². The van der Waals surface area contributed by atoms with E-state index in [1.807, 2.05) is 24.3 Å². The fraction of sp³-hybridized carbons (Fsp3) is 0.286. The van der Waals surface area contributed by atoms with Gasteiger partial charge in [0.15, 0.2) is 0 Å². The maximum absolute atomic E-state index is 13.5. The molecule has 146 valence electrons. The van der Waals surface area contributed by atoms with Gasteiger partial charge in [0.1, 0.15) is 5.82 Å². The van der Waals surface area contributed by atoms with Crippen LogP contribution in [0.5, 0.6) is 0 Å². The summed E-state index contributed by atoms with van der Waals surface area (Å²) in [5, 5.41) is 11.0. The van der Waals surface area contributed by atoms with Gasteiger partial charge in [0, 0.05) is 11.3 Å². The summed E-state index contributed by atoms with van der Waals surface area (Å²) in [4.78, 5) is 12.0. The third-order valence-electron chi connectivity index (χ3n) is 4.19. The number of hydrogen-bond acceptors (Lipinski definition) is 5. The predicted molar refractivity (Wildman–Crippen MR) is 109 cm³/mol. The molecule has 0 aliphatic rings. The lowest BCUT2D eigenvalue weighted by Crippen LogP contribution is -2.14. The predicted octanol–water partition coefficient (Wildman–Crippen LogP) is 5.21. The number of hydrogen-bond donors (Lipinski definition) is 1. The van der Waals surface area contributed by atoms with Crippen molar-refractivity contribution >= 4 is 23.4 Å². The molecule has 3 rings (SSSR count). The molecule has 1 heterocycles. The molecule has 0 radical (unpaired) electrons. The van der Waals surface area contributed by atoms with E-state index in [1.165, 1.54) is 11.6 Å². The Morgan fingerprint density at radius 2 is 1.86 bits per heavy atom. The number of carbonyl (C=O) groups is 1. The normalized spacial score (nSPS) is 11.5. The van der Waals surface area contributed by atoms with Crippen LogP contribution in [0.15, 0.2) is 52.1 Å². The van der Waals surface area contributed by atoms with E-state index in [1.54, 1.807) is 19.1 Å². The zero-order valence-electron chi connectivity index (χ0n) is 16.2. The van der Waals surface area contributed by atoms with Gasteiger partial charge in [-0.2, -0.15) is 0 Å². The second kappa shape index (κ2) is 8.14. The minimum absolute atomic E-state index is 0.0715. The molecular formula is C21H22FN3O2S. The highest BCUT2D eigenvalue weighted by Crippen LogP contribution is 2.27. The van der Waals surface area contributed by atoms with Gasteiger partial charge in [-0.25, -0.2) is 4.39 Å². The van der Waals surface area contributed by atoms with Crippen molar-refractivity contribution < 1.29 is 13.6 Å². The van der Waals surface area contributed by atoms with Crippen LogP contribution >= 0.6 is 11.8 Å². The molecule has 0 saturated heterocycles. The molecule has 0 aliphatic heterocycles. The molecular weight excluding hydrogens is 377 g/mol. The molecule has 7 heteroatoms. The maximum Gasteiger partial charge on any atom is 0.277 e. The van der Waals surface area contributed by atoms with Crippen LogP contribution in [0.1, 0.15) is 31.9 Å². The Morgan fingerprint density at radius 3 is 2.50 bits per heavy atom. The molecule has 2 aromatic carbocycles. The van der Waals surface area contributed by atoms with E-state index >= 15 is 0 Å². The van der Waals surface area contributed by atoms with E-state index in [9.17, 15) is 9.18 Å². The van der Waals surface area contributed by atoms with E-state index in [0.717, 1.165) is 17.3 Å². The van der Waals surface area contributed by atoms with E-state index in [2.05, 4.69) is 36.3 Å². The molecule has 3 aromatic rings. The van der Waals surface area contributed by atoms with Crippen molar-refractivity contribution in [2.45, 2.75) is 38.3 Å². The summed E-state index contributed by atoms with van der Waals surface area (Å²) >= 11 is 1.13. The van der Waals surface area contributed by atoms with Crippen molar-refractivity contribution in [3.8, 4) is 11.5 Å². The van der Waals surface area contributed by atoms with Crippen LogP contribution in [-0.4, -0.2) is 21.9 Å². The molecule has 1 amide bonds. The van der Waals surface area contributed by atoms with E-state index in [-0.39, 0.29) is 22.9 Å². The molecule has 0 unspecified atom stereocenters. The van der Waals surface area contributed by atoms with Gasteiger partial charge in [0.25, 0.3) is 5.22 Å². The van der Waals surface area contributed by atoms with Crippen molar-refractivity contribution in [1.29, 1.82) is 0 Å². The highest BCUT2D eigenvalue weighted by atomic mass is 32.2. The Morgan fingerprint density at radius 1 is 1.14 bits per heavy atom. The Hall–Kier alpha value is -2.67. The number of anilines is 1. The Kier molecular flexibility index (Phi) is 5.84. The third kappa shape index (κ3) is 4.98. The van der Waals surface area contributed by atoms with Gasteiger partial charge in [0.05, 0.1) is 5.75 Å². The molecule has 28 heavy (non-hydrogen) atoms. The van der Waals surface area contributed by atoms with Gasteiger partial charge in [-0.15, -0.1) is 10.2 Å². The second-order valence-corrected chi connectivity index (χ2v) is 8.43. The van der Waals surface area contributed by atoms with Crippen molar-refractivity contribution in [2.75, 3.05) is 11.1 Å². The van der Waals surface area contributed by atoms with Crippen LogP contribution in [0, 0.1) is 12.7 Å². The molecule has 0 aliphatic carbocycles. The minimum atomic E-state index is -0.357. The summed E-state index contributed by atoms with van der Waals surface area (Å²) in [5.41, 5.74) is 3.06. The Balaban J connectivity index is 1.58. The maximum atomic E-state index is 13.5. The zero-order valence-corrected chi connectivity index (χ0v) is 17.1. The van der Waals surface area contributed by atoms with Gasteiger partial charge in [-0.3, -0.25) is 4.79 Å². The van der Waals surface area contributed by atoms with E-state index < -0.39 is 0 Å². The molecule has 0 saturated carbocycles. The van der Waals surface area contributed by atoms with Gasteiger partial charge in [-0.05, 0) is 47.7 Å². The highest BCUT2D eigenvalue weighted by molar-refractivity contribution is 7.99. The number of benzene rings is 2. The lowest BCUT2D eigenvalue weighted by atomic mass is 9.87. The Bertz CT molecular complexity index is 978. The summed E-state index contributed by atoms with van der Waals surface area (Å²) in [5.74, 6) is -0.143. The number of aryl methyl sites for hydroxylation is 1. The number of amides is 1. The van der Waals surface area contributed by atoms with Crippen molar-refractivity contribution in [2.24, 2.45) is 0 Å². The first kappa shape index (κ1) is 20.1. The number of aromatic nitrogens is 2. The molecule has 0 atom stereocenters. The number of nitrogens with zero attached hydrogens (tertiary/aromatic N) is 2. The van der Waals surface area contributed by atoms with Gasteiger partial charge in [0.2, 0.25) is 11.8 Å². The van der Waals surface area contributed by atoms with Gasteiger partial charge in [-0.1, -0.05) is 50.7 Å². The molecule has 1 aromatic heterocycles. The fourth-order valence-corrected chi connectivity index (χ4v) is 3.06.